The van der Waals surface area contributed by atoms with Gasteiger partial charge < -0.3 is 29.4 Å². The number of hydrogen-bond acceptors (Lipinski definition) is 9. The minimum atomic E-state index is -1.86. The second-order valence-electron chi connectivity index (χ2n) is 9.53. The number of alkyl carbamates (subject to hydrolysis) is 1. The molecule has 13 heteroatoms. The van der Waals surface area contributed by atoms with Crippen LogP contribution >= 0.6 is 46.6 Å². The second kappa shape index (κ2) is 15.1. The zero-order valence-corrected chi connectivity index (χ0v) is 25.8. The van der Waals surface area contributed by atoms with E-state index in [4.69, 9.17) is 53.8 Å². The summed E-state index contributed by atoms with van der Waals surface area (Å²) in [6, 6.07) is 22.7. The standard InChI is InChI=1S/C30H28Cl3NO8S/c1-18-12-14-21(15-13-18)43-28-23(34-29(38)40-17-30(31,32)33)24(35)25(42-27(37)20-10-6-3-7-11-20)22(41-28)16-39-26(36)19-8-4-2-5-9-19/h2-15,22-25,28,35H,16-17H2,1H3,(H,34,38)/t22-,23-,24-,25-,28+/m1/s1. The van der Waals surface area contributed by atoms with Gasteiger partial charge in [0.2, 0.25) is 3.79 Å². The van der Waals surface area contributed by atoms with Gasteiger partial charge in [0.15, 0.2) is 6.10 Å². The third-order valence-corrected chi connectivity index (χ3v) is 7.75. The minimum Gasteiger partial charge on any atom is -0.459 e. The van der Waals surface area contributed by atoms with Crippen molar-refractivity contribution in [2.24, 2.45) is 0 Å². The van der Waals surface area contributed by atoms with Gasteiger partial charge in [0, 0.05) is 4.90 Å². The van der Waals surface area contributed by atoms with Gasteiger partial charge in [0.25, 0.3) is 0 Å². The molecule has 1 aliphatic heterocycles. The Hall–Kier alpha value is -2.99. The first-order valence-electron chi connectivity index (χ1n) is 13.1. The van der Waals surface area contributed by atoms with E-state index in [1.165, 1.54) is 11.8 Å². The van der Waals surface area contributed by atoms with Crippen LogP contribution in [0.5, 0.6) is 0 Å². The van der Waals surface area contributed by atoms with E-state index in [0.29, 0.717) is 5.56 Å². The Labute approximate surface area is 267 Å². The van der Waals surface area contributed by atoms with Crippen LogP contribution in [-0.2, 0) is 18.9 Å². The Bertz CT molecular complexity index is 1380. The molecule has 0 radical (unpaired) electrons. The molecule has 1 heterocycles. The molecule has 43 heavy (non-hydrogen) atoms. The molecule has 3 aromatic rings. The number of esters is 2. The van der Waals surface area contributed by atoms with Crippen LogP contribution in [0.4, 0.5) is 4.79 Å². The molecule has 3 aromatic carbocycles. The molecule has 5 atom stereocenters. The van der Waals surface area contributed by atoms with Crippen LogP contribution < -0.4 is 5.32 Å². The summed E-state index contributed by atoms with van der Waals surface area (Å²) in [5.74, 6) is -1.39. The van der Waals surface area contributed by atoms with Crippen molar-refractivity contribution in [3.63, 3.8) is 0 Å². The van der Waals surface area contributed by atoms with Gasteiger partial charge in [-0.05, 0) is 43.3 Å². The number of aliphatic hydroxyl groups is 1. The zero-order chi connectivity index (χ0) is 31.0. The molecule has 2 N–H and O–H groups in total. The van der Waals surface area contributed by atoms with Gasteiger partial charge in [-0.25, -0.2) is 14.4 Å². The summed E-state index contributed by atoms with van der Waals surface area (Å²) in [4.78, 5) is 39.2. The SMILES string of the molecule is Cc1ccc(S[C@@H]2O[C@H](COC(=O)c3ccccc3)[C@@H](OC(=O)c3ccccc3)[C@H](O)[C@H]2NC(=O)OCC(Cl)(Cl)Cl)cc1. The van der Waals surface area contributed by atoms with Crippen molar-refractivity contribution in [3.8, 4) is 0 Å². The van der Waals surface area contributed by atoms with Crippen LogP contribution in [0.25, 0.3) is 0 Å². The molecule has 1 amide bonds. The number of ether oxygens (including phenoxy) is 4. The second-order valence-corrected chi connectivity index (χ2v) is 13.2. The van der Waals surface area contributed by atoms with Crippen LogP contribution in [-0.4, -0.2) is 69.9 Å². The number of thioether (sulfide) groups is 1. The van der Waals surface area contributed by atoms with E-state index in [0.717, 1.165) is 10.5 Å². The molecule has 0 spiro atoms. The van der Waals surface area contributed by atoms with Crippen LogP contribution in [0.1, 0.15) is 26.3 Å². The lowest BCUT2D eigenvalue weighted by atomic mass is 9.97. The van der Waals surface area contributed by atoms with E-state index >= 15 is 0 Å². The van der Waals surface area contributed by atoms with Crippen molar-refractivity contribution in [3.05, 3.63) is 102 Å². The summed E-state index contributed by atoms with van der Waals surface area (Å²) in [7, 11) is 0. The largest absolute Gasteiger partial charge is 0.459 e. The highest BCUT2D eigenvalue weighted by atomic mass is 35.6. The van der Waals surface area contributed by atoms with Crippen LogP contribution in [0.15, 0.2) is 89.8 Å². The Morgan fingerprint density at radius 3 is 2.05 bits per heavy atom. The van der Waals surface area contributed by atoms with E-state index in [2.05, 4.69) is 5.32 Å². The van der Waals surface area contributed by atoms with Crippen molar-refractivity contribution in [1.82, 2.24) is 5.32 Å². The number of benzene rings is 3. The quantitative estimate of drug-likeness (QED) is 0.168. The fourth-order valence-electron chi connectivity index (χ4n) is 4.11. The van der Waals surface area contributed by atoms with Gasteiger partial charge >= 0.3 is 18.0 Å². The monoisotopic (exact) mass is 667 g/mol. The lowest BCUT2D eigenvalue weighted by molar-refractivity contribution is -0.172. The molecule has 0 saturated carbocycles. The lowest BCUT2D eigenvalue weighted by Crippen LogP contribution is -2.64. The maximum Gasteiger partial charge on any atom is 0.407 e. The first kappa shape index (κ1) is 32.9. The average molecular weight is 669 g/mol. The number of aliphatic hydroxyl groups excluding tert-OH is 1. The van der Waals surface area contributed by atoms with E-state index < -0.39 is 58.2 Å². The molecule has 4 rings (SSSR count). The number of amides is 1. The number of carbonyl (C=O) groups is 3. The van der Waals surface area contributed by atoms with Crippen LogP contribution in [0, 0.1) is 6.92 Å². The van der Waals surface area contributed by atoms with Gasteiger partial charge in [-0.15, -0.1) is 0 Å². The average Bonchev–Trinajstić information content (AvgIpc) is 2.99. The van der Waals surface area contributed by atoms with Crippen molar-refractivity contribution in [2.75, 3.05) is 13.2 Å². The number of alkyl halides is 3. The molecule has 0 aromatic heterocycles. The highest BCUT2D eigenvalue weighted by molar-refractivity contribution is 7.99. The number of nitrogens with one attached hydrogen (secondary N) is 1. The third-order valence-electron chi connectivity index (χ3n) is 6.24. The molecule has 1 saturated heterocycles. The minimum absolute atomic E-state index is 0.220. The molecule has 9 nitrogen and oxygen atoms in total. The summed E-state index contributed by atoms with van der Waals surface area (Å²) in [6.07, 6.45) is -5.03. The number of rotatable bonds is 9. The predicted octanol–water partition coefficient (Wildman–Crippen LogP) is 5.72. The number of hydrogen-bond donors (Lipinski definition) is 2. The number of aryl methyl sites for hydroxylation is 1. The number of halogens is 3. The maximum absolute atomic E-state index is 13.1. The first-order chi connectivity index (χ1) is 20.5. The van der Waals surface area contributed by atoms with Gasteiger partial charge in [-0.1, -0.05) is 101 Å². The topological polar surface area (TPSA) is 120 Å². The fourth-order valence-corrected chi connectivity index (χ4v) is 5.41. The van der Waals surface area contributed by atoms with Crippen LogP contribution in [0.3, 0.4) is 0 Å². The Kier molecular flexibility index (Phi) is 11.6. The predicted molar refractivity (Wildman–Crippen MR) is 163 cm³/mol. The molecule has 1 fully saturated rings. The lowest BCUT2D eigenvalue weighted by Gasteiger charge is -2.43. The van der Waals surface area contributed by atoms with Gasteiger partial charge in [0.1, 0.15) is 30.9 Å². The van der Waals surface area contributed by atoms with Crippen molar-refractivity contribution < 1.29 is 38.4 Å². The smallest absolute Gasteiger partial charge is 0.407 e. The molecular formula is C30H28Cl3NO8S. The molecule has 1 aliphatic rings. The van der Waals surface area contributed by atoms with Crippen molar-refractivity contribution in [1.29, 1.82) is 0 Å². The van der Waals surface area contributed by atoms with Gasteiger partial charge in [-0.3, -0.25) is 0 Å². The van der Waals surface area contributed by atoms with E-state index in [9.17, 15) is 19.5 Å². The first-order valence-corrected chi connectivity index (χ1v) is 15.1. The summed E-state index contributed by atoms with van der Waals surface area (Å²) < 4.78 is 20.7. The highest BCUT2D eigenvalue weighted by Crippen LogP contribution is 2.35. The Balaban J connectivity index is 1.61. The van der Waals surface area contributed by atoms with E-state index in [1.807, 2.05) is 31.2 Å². The number of carbonyl (C=O) groups excluding carboxylic acids is 3. The molecule has 0 bridgehead atoms. The third kappa shape index (κ3) is 9.76. The molecule has 228 valence electrons. The molecule has 0 unspecified atom stereocenters. The fraction of sp³-hybridized carbons (Fsp3) is 0.300. The zero-order valence-electron chi connectivity index (χ0n) is 22.7. The highest BCUT2D eigenvalue weighted by Gasteiger charge is 2.49. The van der Waals surface area contributed by atoms with Gasteiger partial charge in [0.05, 0.1) is 17.2 Å². The Morgan fingerprint density at radius 1 is 0.884 bits per heavy atom. The Morgan fingerprint density at radius 2 is 1.47 bits per heavy atom. The van der Waals surface area contributed by atoms with Crippen LogP contribution in [0.2, 0.25) is 0 Å². The van der Waals surface area contributed by atoms with E-state index in [1.54, 1.807) is 60.7 Å². The molecular weight excluding hydrogens is 641 g/mol. The van der Waals surface area contributed by atoms with Gasteiger partial charge in [-0.2, -0.15) is 0 Å². The van der Waals surface area contributed by atoms with Crippen molar-refractivity contribution >= 4 is 64.6 Å². The summed E-state index contributed by atoms with van der Waals surface area (Å²) in [6.45, 7) is 1.00. The maximum atomic E-state index is 13.1. The molecule has 0 aliphatic carbocycles. The summed E-state index contributed by atoms with van der Waals surface area (Å²) in [5.41, 5.74) is 0.596. The normalized spacial score (nSPS) is 21.8. The van der Waals surface area contributed by atoms with E-state index in [-0.39, 0.29) is 12.2 Å². The summed E-state index contributed by atoms with van der Waals surface area (Å²) >= 11 is 18.3. The van der Waals surface area contributed by atoms with Crippen molar-refractivity contribution in [2.45, 2.75) is 45.4 Å². The summed E-state index contributed by atoms with van der Waals surface area (Å²) in [5, 5.41) is 14.1.